The standard InChI is InChI=1S/C23H29N7O6S/c24-15(6-13-8-25-11-27-13)20(32)29-18(9-31)21(33)30-19(10-37)22(34)28-17(23(35)36)5-12-7-26-16-4-2-1-3-14(12)16/h1-4,7-8,11,15,17-19,26,31,37H,5-6,9-10,24H2,(H,25,27)(H,28,34)(H,29,32)(H,30,33)(H,35,36). The molecule has 2 heterocycles. The van der Waals surface area contributed by atoms with Gasteiger partial charge in [0.15, 0.2) is 0 Å². The maximum atomic E-state index is 12.8. The SMILES string of the molecule is NC(Cc1cnc[nH]1)C(=O)NC(CO)C(=O)NC(CS)C(=O)NC(Cc1c[nH]c2ccccc12)C(=O)O. The lowest BCUT2D eigenvalue weighted by atomic mass is 10.0. The van der Waals surface area contributed by atoms with Gasteiger partial charge in [-0.25, -0.2) is 9.78 Å². The van der Waals surface area contributed by atoms with Crippen molar-refractivity contribution in [2.45, 2.75) is 37.0 Å². The molecule has 0 aliphatic rings. The summed E-state index contributed by atoms with van der Waals surface area (Å²) in [6.45, 7) is -0.756. The molecule has 0 saturated heterocycles. The van der Waals surface area contributed by atoms with E-state index in [1.165, 1.54) is 12.5 Å². The Morgan fingerprint density at radius 3 is 2.30 bits per heavy atom. The van der Waals surface area contributed by atoms with E-state index >= 15 is 0 Å². The van der Waals surface area contributed by atoms with Crippen LogP contribution in [0.15, 0.2) is 43.0 Å². The normalized spacial score (nSPS) is 14.4. The zero-order valence-corrected chi connectivity index (χ0v) is 20.6. The van der Waals surface area contributed by atoms with Gasteiger partial charge in [0.25, 0.3) is 0 Å². The number of benzene rings is 1. The number of carboxylic acids is 1. The Kier molecular flexibility index (Phi) is 9.65. The van der Waals surface area contributed by atoms with Crippen LogP contribution in [0.4, 0.5) is 0 Å². The van der Waals surface area contributed by atoms with Gasteiger partial charge >= 0.3 is 5.97 Å². The van der Waals surface area contributed by atoms with Crippen molar-refractivity contribution in [1.29, 1.82) is 0 Å². The first-order chi connectivity index (χ1) is 17.7. The van der Waals surface area contributed by atoms with Gasteiger partial charge in [-0.3, -0.25) is 14.4 Å². The van der Waals surface area contributed by atoms with Crippen LogP contribution in [0.25, 0.3) is 10.9 Å². The molecule has 3 amide bonds. The number of aromatic nitrogens is 3. The van der Waals surface area contributed by atoms with E-state index < -0.39 is 54.5 Å². The number of rotatable bonds is 13. The number of thiol groups is 1. The highest BCUT2D eigenvalue weighted by Crippen LogP contribution is 2.19. The fraction of sp³-hybridized carbons (Fsp3) is 0.348. The van der Waals surface area contributed by atoms with Crippen molar-refractivity contribution in [1.82, 2.24) is 30.9 Å². The Morgan fingerprint density at radius 1 is 0.973 bits per heavy atom. The average Bonchev–Trinajstić information content (AvgIpc) is 3.54. The summed E-state index contributed by atoms with van der Waals surface area (Å²) in [5, 5.41) is 27.3. The van der Waals surface area contributed by atoms with Gasteiger partial charge in [-0.05, 0) is 11.6 Å². The maximum Gasteiger partial charge on any atom is 0.326 e. The summed E-state index contributed by atoms with van der Waals surface area (Å²) >= 11 is 4.08. The van der Waals surface area contributed by atoms with Crippen molar-refractivity contribution in [2.75, 3.05) is 12.4 Å². The zero-order chi connectivity index (χ0) is 26.9. The van der Waals surface area contributed by atoms with Crippen molar-refractivity contribution in [3.8, 4) is 0 Å². The van der Waals surface area contributed by atoms with Crippen molar-refractivity contribution in [2.24, 2.45) is 5.73 Å². The Morgan fingerprint density at radius 2 is 1.65 bits per heavy atom. The van der Waals surface area contributed by atoms with Crippen LogP contribution < -0.4 is 21.7 Å². The van der Waals surface area contributed by atoms with Gasteiger partial charge in [0.1, 0.15) is 18.1 Å². The molecule has 3 aromatic rings. The van der Waals surface area contributed by atoms with Gasteiger partial charge in [-0.2, -0.15) is 12.6 Å². The summed E-state index contributed by atoms with van der Waals surface area (Å²) in [5.74, 6) is -3.76. The molecule has 0 spiro atoms. The van der Waals surface area contributed by atoms with Crippen LogP contribution in [-0.4, -0.2) is 85.4 Å². The summed E-state index contributed by atoms with van der Waals surface area (Å²) < 4.78 is 0. The molecule has 14 heteroatoms. The third-order valence-electron chi connectivity index (χ3n) is 5.68. The molecule has 37 heavy (non-hydrogen) atoms. The van der Waals surface area contributed by atoms with Crippen LogP contribution in [0.3, 0.4) is 0 Å². The largest absolute Gasteiger partial charge is 0.480 e. The molecule has 1 aromatic carbocycles. The Balaban J connectivity index is 1.59. The maximum absolute atomic E-state index is 12.8. The highest BCUT2D eigenvalue weighted by Gasteiger charge is 2.30. The van der Waals surface area contributed by atoms with Crippen LogP contribution in [0.5, 0.6) is 0 Å². The number of hydrogen-bond donors (Lipinski definition) is 9. The number of H-pyrrole nitrogens is 2. The van der Waals surface area contributed by atoms with Gasteiger partial charge in [0.05, 0.1) is 19.0 Å². The second kappa shape index (κ2) is 12.9. The van der Waals surface area contributed by atoms with E-state index in [9.17, 15) is 29.4 Å². The number of carbonyl (C=O) groups excluding carboxylic acids is 3. The number of carboxylic acid groups (broad SMARTS) is 1. The fourth-order valence-corrected chi connectivity index (χ4v) is 3.92. The third-order valence-corrected chi connectivity index (χ3v) is 6.04. The van der Waals surface area contributed by atoms with Gasteiger partial charge in [0.2, 0.25) is 17.7 Å². The summed E-state index contributed by atoms with van der Waals surface area (Å²) in [6, 6.07) is 2.42. The summed E-state index contributed by atoms with van der Waals surface area (Å²) in [6.07, 6.45) is 4.74. The molecule has 4 atom stereocenters. The first-order valence-corrected chi connectivity index (χ1v) is 12.0. The lowest BCUT2D eigenvalue weighted by molar-refractivity contribution is -0.142. The van der Waals surface area contributed by atoms with Gasteiger partial charge < -0.3 is 41.9 Å². The zero-order valence-electron chi connectivity index (χ0n) is 19.7. The van der Waals surface area contributed by atoms with E-state index in [4.69, 9.17) is 5.73 Å². The van der Waals surface area contributed by atoms with E-state index in [1.54, 1.807) is 6.20 Å². The topological polar surface area (TPSA) is 215 Å². The van der Waals surface area contributed by atoms with E-state index in [2.05, 4.69) is 43.5 Å². The molecular weight excluding hydrogens is 502 g/mol. The van der Waals surface area contributed by atoms with Crippen molar-refractivity contribution in [3.63, 3.8) is 0 Å². The van der Waals surface area contributed by atoms with E-state index in [-0.39, 0.29) is 18.6 Å². The number of aliphatic carboxylic acids is 1. The lowest BCUT2D eigenvalue weighted by Gasteiger charge is -2.23. The smallest absolute Gasteiger partial charge is 0.326 e. The van der Waals surface area contributed by atoms with Crippen molar-refractivity contribution < 1.29 is 29.4 Å². The Bertz CT molecular complexity index is 1230. The number of nitrogens with two attached hydrogens (primary N) is 1. The van der Waals surface area contributed by atoms with Crippen LogP contribution in [-0.2, 0) is 32.0 Å². The molecule has 13 nitrogen and oxygen atoms in total. The number of carbonyl (C=O) groups is 4. The molecule has 9 N–H and O–H groups in total. The second-order valence-corrected chi connectivity index (χ2v) is 8.70. The number of nitrogens with zero attached hydrogens (tertiary/aromatic N) is 1. The Labute approximate surface area is 217 Å². The molecule has 2 aromatic heterocycles. The predicted molar refractivity (Wildman–Crippen MR) is 137 cm³/mol. The summed E-state index contributed by atoms with van der Waals surface area (Å²) in [7, 11) is 0. The van der Waals surface area contributed by atoms with Crippen LogP contribution >= 0.6 is 12.6 Å². The number of nitrogens with one attached hydrogen (secondary N) is 5. The number of imidazole rings is 1. The number of fused-ring (bicyclic) bond motifs is 1. The molecule has 0 saturated carbocycles. The second-order valence-electron chi connectivity index (χ2n) is 8.34. The average molecular weight is 532 g/mol. The van der Waals surface area contributed by atoms with Gasteiger partial charge in [-0.15, -0.1) is 0 Å². The van der Waals surface area contributed by atoms with Gasteiger partial charge in [0, 0.05) is 47.6 Å². The number of aliphatic hydroxyl groups excluding tert-OH is 1. The minimum atomic E-state index is -1.39. The quantitative estimate of drug-likeness (QED) is 0.118. The number of para-hydroxylation sites is 1. The van der Waals surface area contributed by atoms with Crippen molar-refractivity contribution >= 4 is 47.2 Å². The summed E-state index contributed by atoms with van der Waals surface area (Å²) in [5.41, 5.74) is 7.99. The predicted octanol–water partition coefficient (Wildman–Crippen LogP) is -1.54. The van der Waals surface area contributed by atoms with E-state index in [0.29, 0.717) is 11.3 Å². The minimum absolute atomic E-state index is 0.00185. The molecule has 4 unspecified atom stereocenters. The van der Waals surface area contributed by atoms with E-state index in [0.717, 1.165) is 10.9 Å². The highest BCUT2D eigenvalue weighted by atomic mass is 32.1. The Hall–Kier alpha value is -3.88. The van der Waals surface area contributed by atoms with Crippen LogP contribution in [0.1, 0.15) is 11.3 Å². The monoisotopic (exact) mass is 531 g/mol. The lowest BCUT2D eigenvalue weighted by Crippen LogP contribution is -2.58. The molecule has 0 aliphatic carbocycles. The molecule has 0 bridgehead atoms. The number of aromatic amines is 2. The number of hydrogen-bond acceptors (Lipinski definition) is 8. The molecule has 0 aliphatic heterocycles. The molecule has 0 fully saturated rings. The number of aliphatic hydroxyl groups is 1. The molecular formula is C23H29N7O6S. The van der Waals surface area contributed by atoms with Crippen LogP contribution in [0.2, 0.25) is 0 Å². The fourth-order valence-electron chi connectivity index (χ4n) is 3.66. The summed E-state index contributed by atoms with van der Waals surface area (Å²) in [4.78, 5) is 59.4. The first-order valence-electron chi connectivity index (χ1n) is 11.4. The van der Waals surface area contributed by atoms with Crippen LogP contribution in [0, 0.1) is 0 Å². The van der Waals surface area contributed by atoms with Crippen molar-refractivity contribution in [3.05, 3.63) is 54.2 Å². The third kappa shape index (κ3) is 7.31. The molecule has 3 rings (SSSR count). The minimum Gasteiger partial charge on any atom is -0.480 e. The van der Waals surface area contributed by atoms with Gasteiger partial charge in [-0.1, -0.05) is 18.2 Å². The number of amides is 3. The molecule has 198 valence electrons. The highest BCUT2D eigenvalue weighted by molar-refractivity contribution is 7.80. The molecule has 0 radical (unpaired) electrons. The van der Waals surface area contributed by atoms with E-state index in [1.807, 2.05) is 24.3 Å². The first kappa shape index (κ1) is 27.7.